The molecule has 7 aromatic carbocycles. The summed E-state index contributed by atoms with van der Waals surface area (Å²) in [7, 11) is 0. The van der Waals surface area contributed by atoms with Gasteiger partial charge in [-0.3, -0.25) is 16.0 Å². The van der Waals surface area contributed by atoms with Crippen molar-refractivity contribution < 1.29 is 8.83 Å². The second kappa shape index (κ2) is 11.4. The molecule has 4 heterocycles. The van der Waals surface area contributed by atoms with Crippen LogP contribution in [0.2, 0.25) is 0 Å². The number of nitrogens with one attached hydrogen (secondary N) is 3. The first-order chi connectivity index (χ1) is 25.2. The largest absolute Gasteiger partial charge is 0.456 e. The van der Waals surface area contributed by atoms with Crippen molar-refractivity contribution in [2.75, 3.05) is 0 Å². The van der Waals surface area contributed by atoms with Crippen LogP contribution in [-0.2, 0) is 0 Å². The normalized spacial score (nSPS) is 18.2. The van der Waals surface area contributed by atoms with Crippen LogP contribution in [0.1, 0.15) is 35.2 Å². The zero-order valence-corrected chi connectivity index (χ0v) is 28.2. The van der Waals surface area contributed by atoms with Crippen LogP contribution in [0.25, 0.3) is 75.2 Å². The highest BCUT2D eigenvalue weighted by Crippen LogP contribution is 2.41. The molecule has 1 aliphatic rings. The van der Waals surface area contributed by atoms with Crippen LogP contribution >= 0.6 is 11.3 Å². The predicted octanol–water partition coefficient (Wildman–Crippen LogP) is 11.7. The lowest BCUT2D eigenvalue weighted by atomic mass is 10.00. The van der Waals surface area contributed by atoms with Gasteiger partial charge in [0.1, 0.15) is 22.3 Å². The standard InChI is InChI=1S/C45H31N3O2S/c1-2-10-26(11-3-1)43-46-44(28-21-23-40-36(24-28)32-13-5-7-19-39(32)51-40)48-45(47-43)35-17-9-16-34-31-22-20-27(25-38(31)50-42(34)35)29-14-8-15-33-30-12-4-6-18-37(30)49-41(29)33/h1-25,43-48H. The molecule has 0 aliphatic carbocycles. The van der Waals surface area contributed by atoms with E-state index < -0.39 is 0 Å². The van der Waals surface area contributed by atoms with Gasteiger partial charge in [-0.05, 0) is 53.1 Å². The Hall–Kier alpha value is -5.76. The van der Waals surface area contributed by atoms with E-state index in [0.717, 1.165) is 60.6 Å². The summed E-state index contributed by atoms with van der Waals surface area (Å²) in [5.74, 6) is 0. The van der Waals surface area contributed by atoms with Gasteiger partial charge >= 0.3 is 0 Å². The maximum absolute atomic E-state index is 6.82. The lowest BCUT2D eigenvalue weighted by Gasteiger charge is -2.39. The van der Waals surface area contributed by atoms with E-state index in [4.69, 9.17) is 8.83 Å². The van der Waals surface area contributed by atoms with Gasteiger partial charge in [-0.2, -0.15) is 0 Å². The number of hydrogen-bond acceptors (Lipinski definition) is 6. The summed E-state index contributed by atoms with van der Waals surface area (Å²) in [5.41, 5.74) is 9.07. The number of thiophene rings is 1. The van der Waals surface area contributed by atoms with E-state index in [2.05, 4.69) is 155 Å². The Morgan fingerprint density at radius 2 is 1.08 bits per heavy atom. The maximum atomic E-state index is 6.82. The van der Waals surface area contributed by atoms with Crippen molar-refractivity contribution in [3.8, 4) is 11.1 Å². The third-order valence-electron chi connectivity index (χ3n) is 10.4. The molecule has 0 spiro atoms. The summed E-state index contributed by atoms with van der Waals surface area (Å²) in [4.78, 5) is 0. The van der Waals surface area contributed by atoms with Crippen molar-refractivity contribution in [1.82, 2.24) is 16.0 Å². The second-order valence-corrected chi connectivity index (χ2v) is 14.5. The molecule has 244 valence electrons. The molecule has 0 saturated carbocycles. The third kappa shape index (κ3) is 4.65. The van der Waals surface area contributed by atoms with Gasteiger partial charge < -0.3 is 8.83 Å². The minimum atomic E-state index is -0.190. The molecule has 0 radical (unpaired) electrons. The van der Waals surface area contributed by atoms with Crippen molar-refractivity contribution in [3.63, 3.8) is 0 Å². The Balaban J connectivity index is 1.02. The molecule has 0 amide bonds. The molecule has 3 N–H and O–H groups in total. The lowest BCUT2D eigenvalue weighted by molar-refractivity contribution is 0.203. The fourth-order valence-electron chi connectivity index (χ4n) is 7.97. The van der Waals surface area contributed by atoms with Crippen LogP contribution in [0.5, 0.6) is 0 Å². The first-order valence-electron chi connectivity index (χ1n) is 17.4. The average molecular weight is 678 g/mol. The van der Waals surface area contributed by atoms with Crippen molar-refractivity contribution in [2.24, 2.45) is 0 Å². The number of benzene rings is 7. The van der Waals surface area contributed by atoms with Crippen molar-refractivity contribution in [1.29, 1.82) is 0 Å². The van der Waals surface area contributed by atoms with E-state index in [9.17, 15) is 0 Å². The zero-order valence-electron chi connectivity index (χ0n) is 27.4. The Bertz CT molecular complexity index is 2940. The van der Waals surface area contributed by atoms with Crippen molar-refractivity contribution >= 4 is 75.4 Å². The Kier molecular flexibility index (Phi) is 6.48. The minimum Gasteiger partial charge on any atom is -0.456 e. The van der Waals surface area contributed by atoms with Crippen LogP contribution in [0.3, 0.4) is 0 Å². The van der Waals surface area contributed by atoms with Gasteiger partial charge in [0.15, 0.2) is 0 Å². The molecular formula is C45H31N3O2S. The van der Waals surface area contributed by atoms with Crippen LogP contribution in [0.15, 0.2) is 160 Å². The molecule has 51 heavy (non-hydrogen) atoms. The van der Waals surface area contributed by atoms with Crippen LogP contribution < -0.4 is 16.0 Å². The third-order valence-corrected chi connectivity index (χ3v) is 11.6. The predicted molar refractivity (Wildman–Crippen MR) is 210 cm³/mol. The van der Waals surface area contributed by atoms with Gasteiger partial charge in [-0.1, -0.05) is 115 Å². The highest BCUT2D eigenvalue weighted by molar-refractivity contribution is 7.25. The number of rotatable bonds is 4. The quantitative estimate of drug-likeness (QED) is 0.173. The average Bonchev–Trinajstić information content (AvgIpc) is 3.88. The van der Waals surface area contributed by atoms with Crippen LogP contribution in [0.4, 0.5) is 0 Å². The fourth-order valence-corrected chi connectivity index (χ4v) is 9.05. The smallest absolute Gasteiger partial charge is 0.143 e. The summed E-state index contributed by atoms with van der Waals surface area (Å²) < 4.78 is 15.8. The molecule has 1 fully saturated rings. The lowest BCUT2D eigenvalue weighted by Crippen LogP contribution is -2.54. The summed E-state index contributed by atoms with van der Waals surface area (Å²) >= 11 is 1.85. The Labute approximate surface area is 297 Å². The van der Waals surface area contributed by atoms with Gasteiger partial charge in [0.2, 0.25) is 0 Å². The van der Waals surface area contributed by atoms with E-state index in [0.29, 0.717) is 0 Å². The summed E-state index contributed by atoms with van der Waals surface area (Å²) in [6.45, 7) is 0. The maximum Gasteiger partial charge on any atom is 0.143 e. The van der Waals surface area contributed by atoms with Crippen molar-refractivity contribution in [3.05, 3.63) is 168 Å². The van der Waals surface area contributed by atoms with Crippen LogP contribution in [-0.4, -0.2) is 0 Å². The monoisotopic (exact) mass is 677 g/mol. The Morgan fingerprint density at radius 1 is 0.412 bits per heavy atom. The number of furan rings is 2. The molecule has 6 heteroatoms. The van der Waals surface area contributed by atoms with Gasteiger partial charge in [-0.15, -0.1) is 11.3 Å². The number of para-hydroxylation sites is 3. The first kappa shape index (κ1) is 29.0. The van der Waals surface area contributed by atoms with Gasteiger partial charge in [-0.25, -0.2) is 0 Å². The topological polar surface area (TPSA) is 62.4 Å². The molecular weight excluding hydrogens is 647 g/mol. The first-order valence-corrected chi connectivity index (χ1v) is 18.2. The molecule has 1 aliphatic heterocycles. The number of fused-ring (bicyclic) bond motifs is 9. The van der Waals surface area contributed by atoms with E-state index in [1.54, 1.807) is 0 Å². The van der Waals surface area contributed by atoms with Gasteiger partial charge in [0.05, 0.1) is 18.5 Å². The van der Waals surface area contributed by atoms with Crippen molar-refractivity contribution in [2.45, 2.75) is 18.5 Å². The van der Waals surface area contributed by atoms with Gasteiger partial charge in [0.25, 0.3) is 0 Å². The minimum absolute atomic E-state index is 0.0899. The Morgan fingerprint density at radius 3 is 1.98 bits per heavy atom. The molecule has 3 atom stereocenters. The molecule has 5 nitrogen and oxygen atoms in total. The molecule has 3 aromatic heterocycles. The summed E-state index contributed by atoms with van der Waals surface area (Å²) in [6, 6.07) is 53.7. The zero-order chi connectivity index (χ0) is 33.5. The highest BCUT2D eigenvalue weighted by Gasteiger charge is 2.31. The number of hydrogen-bond donors (Lipinski definition) is 3. The molecule has 0 bridgehead atoms. The second-order valence-electron chi connectivity index (χ2n) is 13.4. The van der Waals surface area contributed by atoms with Gasteiger partial charge in [0, 0.05) is 52.8 Å². The van der Waals surface area contributed by atoms with Crippen LogP contribution in [0, 0.1) is 0 Å². The molecule has 10 aromatic rings. The fraction of sp³-hybridized carbons (Fsp3) is 0.0667. The SMILES string of the molecule is c1ccc(C2NC(c3ccc4sc5ccccc5c4c3)NC(c3cccc4c3oc3cc(-c5cccc6c5oc5ccccc56)ccc34)N2)cc1. The van der Waals surface area contributed by atoms with E-state index >= 15 is 0 Å². The molecule has 11 rings (SSSR count). The highest BCUT2D eigenvalue weighted by atomic mass is 32.1. The van der Waals surface area contributed by atoms with E-state index in [1.165, 1.54) is 31.3 Å². The summed E-state index contributed by atoms with van der Waals surface area (Å²) in [5, 5.41) is 18.6. The molecule has 3 unspecified atom stereocenters. The summed E-state index contributed by atoms with van der Waals surface area (Å²) in [6.07, 6.45) is -0.391. The van der Waals surface area contributed by atoms with E-state index in [-0.39, 0.29) is 18.5 Å². The molecule has 1 saturated heterocycles. The van der Waals surface area contributed by atoms with E-state index in [1.807, 2.05) is 23.5 Å².